The smallest absolute Gasteiger partial charge is 0.158 e. The lowest BCUT2D eigenvalue weighted by atomic mass is 9.97. The number of ether oxygens (including phenoxy) is 1. The first-order valence-corrected chi connectivity index (χ1v) is 15.2. The van der Waals surface area contributed by atoms with Crippen LogP contribution in [0.15, 0.2) is 65.9 Å². The minimum absolute atomic E-state index is 0.321. The summed E-state index contributed by atoms with van der Waals surface area (Å²) in [6, 6.07) is 16.0. The zero-order valence-electron chi connectivity index (χ0n) is 24.9. The molecule has 3 heterocycles. The molecule has 1 saturated heterocycles. The van der Waals surface area contributed by atoms with E-state index in [2.05, 4.69) is 104 Å². The number of hydrogen-bond donors (Lipinski definition) is 0. The molecule has 2 unspecified atom stereocenters. The van der Waals surface area contributed by atoms with Crippen molar-refractivity contribution < 1.29 is 4.74 Å². The van der Waals surface area contributed by atoms with Gasteiger partial charge in [-0.05, 0) is 99.7 Å². The first-order valence-electron chi connectivity index (χ1n) is 15.2. The Bertz CT molecular complexity index is 1350. The van der Waals surface area contributed by atoms with E-state index in [4.69, 9.17) is 14.7 Å². The summed E-state index contributed by atoms with van der Waals surface area (Å²) in [5.41, 5.74) is 6.92. The van der Waals surface area contributed by atoms with Crippen LogP contribution in [0.3, 0.4) is 0 Å². The van der Waals surface area contributed by atoms with E-state index in [0.29, 0.717) is 18.7 Å². The van der Waals surface area contributed by atoms with Gasteiger partial charge in [-0.1, -0.05) is 39.0 Å². The first kappa shape index (κ1) is 28.2. The molecule has 6 heteroatoms. The van der Waals surface area contributed by atoms with Crippen LogP contribution in [0.1, 0.15) is 76.4 Å². The van der Waals surface area contributed by atoms with E-state index >= 15 is 0 Å². The van der Waals surface area contributed by atoms with Crippen molar-refractivity contribution in [3.63, 3.8) is 0 Å². The number of likely N-dealkylation sites (N-methyl/N-ethyl adjacent to an activating group) is 1. The second-order valence-corrected chi connectivity index (χ2v) is 11.1. The van der Waals surface area contributed by atoms with Crippen molar-refractivity contribution in [2.45, 2.75) is 72.4 Å². The van der Waals surface area contributed by atoms with Crippen LogP contribution in [-0.2, 0) is 0 Å². The molecule has 0 aliphatic carbocycles. The molecule has 0 bridgehead atoms. The summed E-state index contributed by atoms with van der Waals surface area (Å²) in [5, 5.41) is 0. The van der Waals surface area contributed by atoms with Crippen LogP contribution in [0.2, 0.25) is 0 Å². The molecule has 2 aliphatic heterocycles. The summed E-state index contributed by atoms with van der Waals surface area (Å²) in [5.74, 6) is 1.86. The third-order valence-electron chi connectivity index (χ3n) is 8.68. The topological polar surface area (TPSA) is 45.9 Å². The number of aliphatic imine (C=N–C) groups is 1. The van der Waals surface area contributed by atoms with Gasteiger partial charge in [0.25, 0.3) is 0 Å². The van der Waals surface area contributed by atoms with E-state index in [1.165, 1.54) is 35.2 Å². The molecule has 6 nitrogen and oxygen atoms in total. The summed E-state index contributed by atoms with van der Waals surface area (Å²) < 4.78 is 8.50. The Balaban J connectivity index is 1.50. The fourth-order valence-corrected chi connectivity index (χ4v) is 6.15. The molecule has 5 rings (SSSR count). The van der Waals surface area contributed by atoms with Gasteiger partial charge >= 0.3 is 0 Å². The third-order valence-corrected chi connectivity index (χ3v) is 8.68. The maximum Gasteiger partial charge on any atom is 0.158 e. The van der Waals surface area contributed by atoms with Crippen molar-refractivity contribution in [2.24, 2.45) is 4.99 Å². The highest BCUT2D eigenvalue weighted by Gasteiger charge is 2.25. The lowest BCUT2D eigenvalue weighted by molar-refractivity contribution is 0.223. The molecule has 0 radical (unpaired) electrons. The molecule has 40 heavy (non-hydrogen) atoms. The molecule has 3 aromatic rings. The van der Waals surface area contributed by atoms with Crippen molar-refractivity contribution in [3.8, 4) is 5.75 Å². The molecular weight excluding hydrogens is 494 g/mol. The van der Waals surface area contributed by atoms with Gasteiger partial charge in [0, 0.05) is 43.3 Å². The predicted octanol–water partition coefficient (Wildman–Crippen LogP) is 7.46. The van der Waals surface area contributed by atoms with Crippen molar-refractivity contribution >= 4 is 22.7 Å². The number of allylic oxidation sites excluding steroid dienone is 2. The molecule has 0 amide bonds. The highest BCUT2D eigenvalue weighted by atomic mass is 16.5. The minimum atomic E-state index is 0.321. The second kappa shape index (κ2) is 12.9. The molecule has 2 atom stereocenters. The highest BCUT2D eigenvalue weighted by Crippen LogP contribution is 2.36. The molecule has 1 aromatic heterocycles. The fraction of sp³-hybridized carbons (Fsp3) is 0.471. The van der Waals surface area contributed by atoms with Crippen molar-refractivity contribution in [1.82, 2.24) is 14.5 Å². The molecule has 0 saturated carbocycles. The SMILES string of the molecule is CCC1CC(c2cccc(OCCN(CC)CC)c2)=CC(=Nc2cccc(N3CCCC3C)c2C)c2nccn21. The van der Waals surface area contributed by atoms with Crippen molar-refractivity contribution in [2.75, 3.05) is 37.7 Å². The molecule has 0 spiro atoms. The van der Waals surface area contributed by atoms with Crippen LogP contribution in [0.25, 0.3) is 5.57 Å². The van der Waals surface area contributed by atoms with Gasteiger partial charge < -0.3 is 19.1 Å². The maximum absolute atomic E-state index is 6.19. The Hall–Kier alpha value is -3.38. The summed E-state index contributed by atoms with van der Waals surface area (Å²) in [6.45, 7) is 16.0. The Morgan fingerprint density at radius 3 is 2.67 bits per heavy atom. The van der Waals surface area contributed by atoms with E-state index in [1.807, 2.05) is 6.20 Å². The largest absolute Gasteiger partial charge is 0.492 e. The Morgan fingerprint density at radius 1 is 1.10 bits per heavy atom. The van der Waals surface area contributed by atoms with Gasteiger partial charge in [0.2, 0.25) is 0 Å². The van der Waals surface area contributed by atoms with Gasteiger partial charge in [-0.25, -0.2) is 9.98 Å². The van der Waals surface area contributed by atoms with Gasteiger partial charge in [0.15, 0.2) is 5.82 Å². The molecular formula is C34H45N5O. The van der Waals surface area contributed by atoms with Gasteiger partial charge in [0.05, 0.1) is 5.69 Å². The Labute approximate surface area is 240 Å². The zero-order valence-corrected chi connectivity index (χ0v) is 24.9. The highest BCUT2D eigenvalue weighted by molar-refractivity contribution is 6.12. The van der Waals surface area contributed by atoms with Crippen molar-refractivity contribution in [3.05, 3.63) is 77.9 Å². The summed E-state index contributed by atoms with van der Waals surface area (Å²) in [6.07, 6.45) is 10.7. The number of imidazole rings is 1. The van der Waals surface area contributed by atoms with E-state index < -0.39 is 0 Å². The van der Waals surface area contributed by atoms with Gasteiger partial charge in [0.1, 0.15) is 18.1 Å². The molecule has 1 fully saturated rings. The molecule has 0 N–H and O–H groups in total. The number of aromatic nitrogens is 2. The maximum atomic E-state index is 6.19. The van der Waals surface area contributed by atoms with Crippen LogP contribution in [0.4, 0.5) is 11.4 Å². The Morgan fingerprint density at radius 2 is 1.93 bits per heavy atom. The second-order valence-electron chi connectivity index (χ2n) is 11.1. The van der Waals surface area contributed by atoms with E-state index in [9.17, 15) is 0 Å². The quantitative estimate of drug-likeness (QED) is 0.268. The average Bonchev–Trinajstić information content (AvgIpc) is 3.60. The van der Waals surface area contributed by atoms with E-state index in [0.717, 1.165) is 62.0 Å². The van der Waals surface area contributed by atoms with Crippen LogP contribution < -0.4 is 9.64 Å². The number of fused-ring (bicyclic) bond motifs is 1. The number of benzene rings is 2. The zero-order chi connectivity index (χ0) is 28.1. The third kappa shape index (κ3) is 6.02. The summed E-state index contributed by atoms with van der Waals surface area (Å²) in [7, 11) is 0. The van der Waals surface area contributed by atoms with Crippen molar-refractivity contribution in [1.29, 1.82) is 0 Å². The molecule has 2 aromatic carbocycles. The van der Waals surface area contributed by atoms with Gasteiger partial charge in [-0.15, -0.1) is 0 Å². The summed E-state index contributed by atoms with van der Waals surface area (Å²) in [4.78, 5) is 15.0. The first-order chi connectivity index (χ1) is 19.5. The lowest BCUT2D eigenvalue weighted by Gasteiger charge is -2.26. The predicted molar refractivity (Wildman–Crippen MR) is 167 cm³/mol. The number of hydrogen-bond acceptors (Lipinski definition) is 5. The van der Waals surface area contributed by atoms with E-state index in [-0.39, 0.29) is 0 Å². The molecule has 212 valence electrons. The standard InChI is InChI=1S/C34H45N5O/c1-6-29-22-28(27-13-9-14-30(23-27)40-21-20-37(7-2)8-3)24-32(34-35-17-19-39(29)34)36-31-15-10-16-33(26(31)5)38-18-11-12-25(38)4/h9-10,13-17,19,23-25,29H,6-8,11-12,18,20-22H2,1-5H3. The van der Waals surface area contributed by atoms with Crippen LogP contribution in [0.5, 0.6) is 5.75 Å². The normalized spacial score (nSPS) is 20.1. The summed E-state index contributed by atoms with van der Waals surface area (Å²) >= 11 is 0. The lowest BCUT2D eigenvalue weighted by Crippen LogP contribution is -2.27. The van der Waals surface area contributed by atoms with Gasteiger partial charge in [-0.3, -0.25) is 0 Å². The minimum Gasteiger partial charge on any atom is -0.492 e. The number of anilines is 1. The van der Waals surface area contributed by atoms with Crippen LogP contribution in [-0.4, -0.2) is 59.0 Å². The monoisotopic (exact) mass is 539 g/mol. The van der Waals surface area contributed by atoms with Crippen LogP contribution >= 0.6 is 0 Å². The average molecular weight is 540 g/mol. The number of nitrogens with zero attached hydrogens (tertiary/aromatic N) is 5. The van der Waals surface area contributed by atoms with Gasteiger partial charge in [-0.2, -0.15) is 0 Å². The number of rotatable bonds is 10. The molecule has 2 aliphatic rings. The fourth-order valence-electron chi connectivity index (χ4n) is 6.15. The van der Waals surface area contributed by atoms with Crippen LogP contribution in [0, 0.1) is 6.92 Å². The van der Waals surface area contributed by atoms with E-state index in [1.54, 1.807) is 0 Å². The Kier molecular flexibility index (Phi) is 9.05.